The molecule has 6 heteroatoms. The van der Waals surface area contributed by atoms with Gasteiger partial charge in [0, 0.05) is 23.1 Å². The zero-order chi connectivity index (χ0) is 20.5. The maximum absolute atomic E-state index is 12.8. The number of phenols is 2. The number of aromatic hydroxyl groups is 2. The third-order valence-electron chi connectivity index (χ3n) is 4.50. The first-order valence-corrected chi connectivity index (χ1v) is 9.00. The fraction of sp³-hybridized carbons (Fsp3) is 0.429. The number of Topliss-reactive ketones (excluding diaryl/α,β-unsaturated/α-hetero) is 1. The lowest BCUT2D eigenvalue weighted by atomic mass is 9.90. The van der Waals surface area contributed by atoms with E-state index in [0.29, 0.717) is 6.42 Å². The molecular formula is C21H26O6. The first-order valence-electron chi connectivity index (χ1n) is 9.00. The van der Waals surface area contributed by atoms with E-state index >= 15 is 0 Å². The molecule has 2 rings (SSSR count). The van der Waals surface area contributed by atoms with Crippen LogP contribution in [0.4, 0.5) is 0 Å². The average Bonchev–Trinajstić information content (AvgIpc) is 2.59. The van der Waals surface area contributed by atoms with Crippen LogP contribution in [0, 0.1) is 5.92 Å². The van der Waals surface area contributed by atoms with Crippen LogP contribution in [-0.4, -0.2) is 21.1 Å². The number of phenolic OH excluding ortho intramolecular Hbond substituents is 2. The van der Waals surface area contributed by atoms with E-state index in [0.717, 1.165) is 11.6 Å². The van der Waals surface area contributed by atoms with Gasteiger partial charge in [-0.3, -0.25) is 4.79 Å². The highest BCUT2D eigenvalue weighted by Gasteiger charge is 2.29. The fourth-order valence-electron chi connectivity index (χ4n) is 2.95. The van der Waals surface area contributed by atoms with Crippen LogP contribution >= 0.6 is 0 Å². The van der Waals surface area contributed by atoms with Gasteiger partial charge in [-0.25, -0.2) is 4.79 Å². The molecule has 0 spiro atoms. The van der Waals surface area contributed by atoms with Gasteiger partial charge in [0.1, 0.15) is 17.1 Å². The van der Waals surface area contributed by atoms with E-state index in [1.54, 1.807) is 26.8 Å². The number of hydrogen-bond acceptors (Lipinski definition) is 6. The summed E-state index contributed by atoms with van der Waals surface area (Å²) in [6.45, 7) is 8.81. The second kappa shape index (κ2) is 7.96. The standard InChI is InChI=1S/C21H26O6/c1-6-14(22)13-9-15(23)27-21-16(13)19(25)12(8-7-10(2)3)20(26)17(21)18(24)11(4)5/h7,9,11,14,22,25-26H,6,8H2,1-5H3. The minimum Gasteiger partial charge on any atom is -0.507 e. The van der Waals surface area contributed by atoms with Crippen molar-refractivity contribution < 1.29 is 24.5 Å². The zero-order valence-corrected chi connectivity index (χ0v) is 16.3. The van der Waals surface area contributed by atoms with Gasteiger partial charge in [0.2, 0.25) is 0 Å². The molecule has 3 N–H and O–H groups in total. The van der Waals surface area contributed by atoms with E-state index < -0.39 is 29.2 Å². The van der Waals surface area contributed by atoms with Crippen molar-refractivity contribution in [1.82, 2.24) is 0 Å². The van der Waals surface area contributed by atoms with Crippen molar-refractivity contribution >= 4 is 16.8 Å². The zero-order valence-electron chi connectivity index (χ0n) is 16.3. The fourth-order valence-corrected chi connectivity index (χ4v) is 2.95. The van der Waals surface area contributed by atoms with Crippen LogP contribution in [0.5, 0.6) is 11.5 Å². The van der Waals surface area contributed by atoms with Gasteiger partial charge < -0.3 is 19.7 Å². The number of carbonyl (C=O) groups is 1. The Morgan fingerprint density at radius 3 is 2.37 bits per heavy atom. The summed E-state index contributed by atoms with van der Waals surface area (Å²) in [4.78, 5) is 24.8. The van der Waals surface area contributed by atoms with Crippen molar-refractivity contribution in [2.75, 3.05) is 0 Å². The molecule has 1 unspecified atom stereocenters. The average molecular weight is 374 g/mol. The molecule has 0 amide bonds. The van der Waals surface area contributed by atoms with E-state index in [2.05, 4.69) is 0 Å². The van der Waals surface area contributed by atoms with Gasteiger partial charge in [-0.05, 0) is 26.7 Å². The summed E-state index contributed by atoms with van der Waals surface area (Å²) in [5.74, 6) is -1.58. The number of ketones is 1. The Morgan fingerprint density at radius 2 is 1.85 bits per heavy atom. The molecule has 0 saturated heterocycles. The van der Waals surface area contributed by atoms with Gasteiger partial charge in [0.25, 0.3) is 0 Å². The summed E-state index contributed by atoms with van der Waals surface area (Å²) in [5, 5.41) is 32.0. The number of aliphatic hydroxyl groups is 1. The number of allylic oxidation sites excluding steroid dienone is 2. The Hall–Kier alpha value is -2.60. The molecule has 0 fully saturated rings. The second-order valence-electron chi connectivity index (χ2n) is 7.20. The Balaban J connectivity index is 3.05. The summed E-state index contributed by atoms with van der Waals surface area (Å²) >= 11 is 0. The molecule has 1 aromatic heterocycles. The molecule has 1 atom stereocenters. The third kappa shape index (κ3) is 3.90. The Kier molecular flexibility index (Phi) is 6.11. The summed E-state index contributed by atoms with van der Waals surface area (Å²) < 4.78 is 5.22. The lowest BCUT2D eigenvalue weighted by Gasteiger charge is -2.18. The molecule has 1 heterocycles. The van der Waals surface area contributed by atoms with Crippen LogP contribution < -0.4 is 5.63 Å². The molecule has 0 bridgehead atoms. The van der Waals surface area contributed by atoms with Crippen LogP contribution in [0.1, 0.15) is 68.6 Å². The molecule has 0 radical (unpaired) electrons. The van der Waals surface area contributed by atoms with E-state index in [4.69, 9.17) is 4.42 Å². The molecule has 2 aromatic rings. The summed E-state index contributed by atoms with van der Waals surface area (Å²) in [6.07, 6.45) is 1.27. The number of aliphatic hydroxyl groups excluding tert-OH is 1. The summed E-state index contributed by atoms with van der Waals surface area (Å²) in [5.41, 5.74) is 0.207. The first kappa shape index (κ1) is 20.7. The van der Waals surface area contributed by atoms with Crippen molar-refractivity contribution in [3.05, 3.63) is 44.8 Å². The quantitative estimate of drug-likeness (QED) is 0.401. The number of carbonyl (C=O) groups excluding carboxylic acids is 1. The van der Waals surface area contributed by atoms with Gasteiger partial charge in [0.15, 0.2) is 11.4 Å². The highest BCUT2D eigenvalue weighted by atomic mass is 16.4. The van der Waals surface area contributed by atoms with E-state index in [9.17, 15) is 24.9 Å². The lowest BCUT2D eigenvalue weighted by Crippen LogP contribution is -2.13. The molecule has 1 aromatic carbocycles. The summed E-state index contributed by atoms with van der Waals surface area (Å²) in [7, 11) is 0. The highest BCUT2D eigenvalue weighted by Crippen LogP contribution is 2.43. The van der Waals surface area contributed by atoms with Gasteiger partial charge in [-0.15, -0.1) is 0 Å². The molecule has 0 aliphatic rings. The van der Waals surface area contributed by atoms with Crippen LogP contribution in [0.25, 0.3) is 11.0 Å². The molecule has 146 valence electrons. The van der Waals surface area contributed by atoms with Crippen molar-refractivity contribution in [3.63, 3.8) is 0 Å². The number of fused-ring (bicyclic) bond motifs is 1. The largest absolute Gasteiger partial charge is 0.507 e. The predicted octanol–water partition coefficient (Wildman–Crippen LogP) is 4.00. The summed E-state index contributed by atoms with van der Waals surface area (Å²) in [6, 6.07) is 1.11. The SMILES string of the molecule is CCC(O)c1cc(=O)oc2c(C(=O)C(C)C)c(O)c(CC=C(C)C)c(O)c12. The van der Waals surface area contributed by atoms with Crippen molar-refractivity contribution in [3.8, 4) is 11.5 Å². The normalized spacial score (nSPS) is 12.4. The number of rotatable bonds is 6. The topological polar surface area (TPSA) is 108 Å². The third-order valence-corrected chi connectivity index (χ3v) is 4.50. The first-order chi connectivity index (χ1) is 12.6. The van der Waals surface area contributed by atoms with Crippen LogP contribution in [0.3, 0.4) is 0 Å². The van der Waals surface area contributed by atoms with Gasteiger partial charge in [-0.2, -0.15) is 0 Å². The van der Waals surface area contributed by atoms with Crippen LogP contribution in [-0.2, 0) is 6.42 Å². The molecule has 0 aliphatic heterocycles. The maximum Gasteiger partial charge on any atom is 0.336 e. The minimum atomic E-state index is -1.02. The molecule has 0 saturated carbocycles. The van der Waals surface area contributed by atoms with Crippen LogP contribution in [0.2, 0.25) is 0 Å². The molecule has 27 heavy (non-hydrogen) atoms. The van der Waals surface area contributed by atoms with Gasteiger partial charge >= 0.3 is 5.63 Å². The van der Waals surface area contributed by atoms with E-state index in [-0.39, 0.29) is 39.8 Å². The van der Waals surface area contributed by atoms with Crippen LogP contribution in [0.15, 0.2) is 26.9 Å². The van der Waals surface area contributed by atoms with Gasteiger partial charge in [0.05, 0.1) is 11.5 Å². The monoisotopic (exact) mass is 374 g/mol. The van der Waals surface area contributed by atoms with Gasteiger partial charge in [-0.1, -0.05) is 32.4 Å². The molecule has 6 nitrogen and oxygen atoms in total. The minimum absolute atomic E-state index is 0.0860. The van der Waals surface area contributed by atoms with Crippen molar-refractivity contribution in [2.45, 2.75) is 53.6 Å². The Morgan fingerprint density at radius 1 is 1.22 bits per heavy atom. The highest BCUT2D eigenvalue weighted by molar-refractivity contribution is 6.12. The number of hydrogen-bond donors (Lipinski definition) is 3. The maximum atomic E-state index is 12.8. The predicted molar refractivity (Wildman–Crippen MR) is 103 cm³/mol. The second-order valence-corrected chi connectivity index (χ2v) is 7.20. The van der Waals surface area contributed by atoms with Crippen molar-refractivity contribution in [2.24, 2.45) is 5.92 Å². The molecular weight excluding hydrogens is 348 g/mol. The van der Waals surface area contributed by atoms with E-state index in [1.807, 2.05) is 13.8 Å². The Bertz CT molecular complexity index is 961. The number of benzene rings is 1. The lowest BCUT2D eigenvalue weighted by molar-refractivity contribution is 0.0937. The molecule has 0 aliphatic carbocycles. The Labute approximate surface area is 157 Å². The smallest absolute Gasteiger partial charge is 0.336 e. The van der Waals surface area contributed by atoms with E-state index in [1.165, 1.54) is 0 Å². The van der Waals surface area contributed by atoms with Crippen molar-refractivity contribution in [1.29, 1.82) is 0 Å².